The number of unbranched alkanes of at least 4 members (excludes halogenated alkanes) is 28. The van der Waals surface area contributed by atoms with Crippen molar-refractivity contribution in [3.63, 3.8) is 0 Å². The molecule has 0 saturated heterocycles. The molecule has 0 aliphatic rings. The van der Waals surface area contributed by atoms with E-state index in [1.165, 1.54) is 161 Å². The van der Waals surface area contributed by atoms with Crippen LogP contribution in [0.5, 0.6) is 0 Å². The third-order valence-electron chi connectivity index (χ3n) is 9.31. The molecule has 0 radical (unpaired) electrons. The summed E-state index contributed by atoms with van der Waals surface area (Å²) in [5.41, 5.74) is 0. The highest BCUT2D eigenvalue weighted by Crippen LogP contribution is 2.15. The highest BCUT2D eigenvalue weighted by Gasteiger charge is 2.16. The average Bonchev–Trinajstić information content (AvgIpc) is 3.07. The highest BCUT2D eigenvalue weighted by molar-refractivity contribution is 5.70. The minimum atomic E-state index is -0.766. The first kappa shape index (κ1) is 45.6. The van der Waals surface area contributed by atoms with Gasteiger partial charge in [-0.3, -0.25) is 9.59 Å². The number of aliphatic hydroxyl groups is 1. The zero-order valence-electron chi connectivity index (χ0n) is 31.6. The van der Waals surface area contributed by atoms with Crippen molar-refractivity contribution in [2.75, 3.05) is 13.2 Å². The van der Waals surface area contributed by atoms with E-state index in [0.29, 0.717) is 12.8 Å². The molecule has 0 heterocycles. The molecular weight excluding hydrogens is 584 g/mol. The van der Waals surface area contributed by atoms with Crippen LogP contribution in [0, 0.1) is 0 Å². The van der Waals surface area contributed by atoms with Crippen LogP contribution in [0.1, 0.15) is 226 Å². The maximum atomic E-state index is 12.2. The molecule has 1 atom stereocenters. The molecule has 5 nitrogen and oxygen atoms in total. The zero-order chi connectivity index (χ0) is 34.3. The van der Waals surface area contributed by atoms with Gasteiger partial charge in [-0.25, -0.2) is 0 Å². The second-order valence-electron chi connectivity index (χ2n) is 14.1. The van der Waals surface area contributed by atoms with E-state index in [1.54, 1.807) is 0 Å². The van der Waals surface area contributed by atoms with Gasteiger partial charge in [0.15, 0.2) is 6.10 Å². The molecule has 278 valence electrons. The lowest BCUT2D eigenvalue weighted by Crippen LogP contribution is -2.28. The van der Waals surface area contributed by atoms with Crippen LogP contribution < -0.4 is 0 Å². The van der Waals surface area contributed by atoms with Gasteiger partial charge in [-0.05, 0) is 38.5 Å². The van der Waals surface area contributed by atoms with Crippen LogP contribution in [0.4, 0.5) is 0 Å². The zero-order valence-corrected chi connectivity index (χ0v) is 31.6. The second-order valence-corrected chi connectivity index (χ2v) is 14.1. The number of rotatable bonds is 38. The summed E-state index contributed by atoms with van der Waals surface area (Å²) in [6, 6.07) is 0. The number of carbonyl (C=O) groups is 2. The predicted octanol–water partition coefficient (Wildman–Crippen LogP) is 12.9. The molecule has 0 aliphatic heterocycles. The van der Waals surface area contributed by atoms with E-state index in [4.69, 9.17) is 9.47 Å². The molecule has 0 aromatic heterocycles. The lowest BCUT2D eigenvalue weighted by atomic mass is 10.0. The largest absolute Gasteiger partial charge is 0.462 e. The topological polar surface area (TPSA) is 72.8 Å². The van der Waals surface area contributed by atoms with Crippen molar-refractivity contribution in [2.45, 2.75) is 232 Å². The molecule has 0 amide bonds. The monoisotopic (exact) mass is 665 g/mol. The smallest absolute Gasteiger partial charge is 0.306 e. The first-order valence-corrected chi connectivity index (χ1v) is 20.7. The Bertz CT molecular complexity index is 676. The summed E-state index contributed by atoms with van der Waals surface area (Å²) in [6.45, 7) is 4.14. The van der Waals surface area contributed by atoms with Gasteiger partial charge < -0.3 is 14.6 Å². The van der Waals surface area contributed by atoms with Crippen LogP contribution in [0.15, 0.2) is 12.2 Å². The van der Waals surface area contributed by atoms with Crippen molar-refractivity contribution >= 4 is 11.9 Å². The Morgan fingerprint density at radius 1 is 0.468 bits per heavy atom. The van der Waals surface area contributed by atoms with E-state index < -0.39 is 6.10 Å². The second kappa shape index (κ2) is 39.1. The van der Waals surface area contributed by atoms with Crippen molar-refractivity contribution < 1.29 is 24.2 Å². The minimum Gasteiger partial charge on any atom is -0.462 e. The molecule has 1 N–H and O–H groups in total. The molecule has 47 heavy (non-hydrogen) atoms. The van der Waals surface area contributed by atoms with Gasteiger partial charge in [0.1, 0.15) is 6.61 Å². The van der Waals surface area contributed by atoms with E-state index in [0.717, 1.165) is 38.5 Å². The summed E-state index contributed by atoms with van der Waals surface area (Å²) in [4.78, 5) is 24.3. The van der Waals surface area contributed by atoms with Gasteiger partial charge in [-0.15, -0.1) is 0 Å². The maximum Gasteiger partial charge on any atom is 0.306 e. The maximum absolute atomic E-state index is 12.2. The Morgan fingerprint density at radius 3 is 1.17 bits per heavy atom. The first-order valence-electron chi connectivity index (χ1n) is 20.7. The van der Waals surface area contributed by atoms with Gasteiger partial charge in [0.05, 0.1) is 6.61 Å². The fourth-order valence-corrected chi connectivity index (χ4v) is 6.14. The van der Waals surface area contributed by atoms with Crippen LogP contribution in [0.3, 0.4) is 0 Å². The number of hydrogen-bond acceptors (Lipinski definition) is 5. The van der Waals surface area contributed by atoms with E-state index in [-0.39, 0.29) is 25.2 Å². The number of esters is 2. The van der Waals surface area contributed by atoms with Gasteiger partial charge in [0.2, 0.25) is 0 Å². The van der Waals surface area contributed by atoms with Crippen LogP contribution in [0.2, 0.25) is 0 Å². The fraction of sp³-hybridized carbons (Fsp3) is 0.905. The number of hydrogen-bond donors (Lipinski definition) is 1. The predicted molar refractivity (Wildman–Crippen MR) is 201 cm³/mol. The third kappa shape index (κ3) is 37.3. The van der Waals surface area contributed by atoms with Crippen molar-refractivity contribution in [1.29, 1.82) is 0 Å². The number of carbonyl (C=O) groups excluding carboxylic acids is 2. The molecule has 5 heteroatoms. The fourth-order valence-electron chi connectivity index (χ4n) is 6.14. The van der Waals surface area contributed by atoms with Gasteiger partial charge in [0, 0.05) is 12.8 Å². The highest BCUT2D eigenvalue weighted by atomic mass is 16.6. The summed E-state index contributed by atoms with van der Waals surface area (Å²) in [5.74, 6) is -0.584. The Kier molecular flexibility index (Phi) is 38.0. The summed E-state index contributed by atoms with van der Waals surface area (Å²) in [6.07, 6.45) is 44.2. The van der Waals surface area contributed by atoms with Crippen LogP contribution in [0.25, 0.3) is 0 Å². The van der Waals surface area contributed by atoms with Gasteiger partial charge >= 0.3 is 11.9 Å². The van der Waals surface area contributed by atoms with Crippen molar-refractivity contribution in [3.8, 4) is 0 Å². The molecule has 0 rings (SSSR count). The Morgan fingerprint density at radius 2 is 0.787 bits per heavy atom. The Balaban J connectivity index is 3.50. The Hall–Kier alpha value is -1.36. The molecule has 0 fully saturated rings. The molecule has 0 bridgehead atoms. The van der Waals surface area contributed by atoms with Crippen molar-refractivity contribution in [3.05, 3.63) is 12.2 Å². The van der Waals surface area contributed by atoms with Crippen LogP contribution in [-0.2, 0) is 19.1 Å². The van der Waals surface area contributed by atoms with Crippen LogP contribution >= 0.6 is 0 Å². The van der Waals surface area contributed by atoms with E-state index >= 15 is 0 Å². The normalized spacial score (nSPS) is 12.1. The van der Waals surface area contributed by atoms with Gasteiger partial charge in [0.25, 0.3) is 0 Å². The molecule has 0 spiro atoms. The summed E-state index contributed by atoms with van der Waals surface area (Å²) in [7, 11) is 0. The van der Waals surface area contributed by atoms with Crippen molar-refractivity contribution in [2.24, 2.45) is 0 Å². The minimum absolute atomic E-state index is 0.0621. The quantitative estimate of drug-likeness (QED) is 0.0404. The van der Waals surface area contributed by atoms with Gasteiger partial charge in [-0.1, -0.05) is 187 Å². The van der Waals surface area contributed by atoms with E-state index in [2.05, 4.69) is 26.0 Å². The van der Waals surface area contributed by atoms with Crippen LogP contribution in [-0.4, -0.2) is 36.4 Å². The first-order chi connectivity index (χ1) is 23.1. The standard InChI is InChI=1S/C42H80O5/c1-3-5-7-9-11-13-15-17-19-20-21-23-25-27-29-31-33-35-37-42(45)47-40(38-43)39-46-41(44)36-34-32-30-28-26-24-22-18-16-14-12-10-8-6-4-2/h14,16,40,43H,3-13,15,17-39H2,1-2H3/b16-14+/t40-/m0/s1. The lowest BCUT2D eigenvalue weighted by Gasteiger charge is -2.15. The molecule has 0 saturated carbocycles. The molecule has 0 unspecified atom stereocenters. The molecule has 0 aromatic carbocycles. The summed E-state index contributed by atoms with van der Waals surface area (Å²) < 4.78 is 10.6. The third-order valence-corrected chi connectivity index (χ3v) is 9.31. The van der Waals surface area contributed by atoms with Crippen molar-refractivity contribution in [1.82, 2.24) is 0 Å². The van der Waals surface area contributed by atoms with E-state index in [9.17, 15) is 14.7 Å². The molecule has 0 aliphatic carbocycles. The number of aliphatic hydroxyl groups excluding tert-OH is 1. The SMILES string of the molecule is CCCCCC/C=C/CCCCCCCCCC(=O)OC[C@H](CO)OC(=O)CCCCCCCCCCCCCCCCCCCC. The molecule has 0 aromatic rings. The number of ether oxygens (including phenoxy) is 2. The average molecular weight is 665 g/mol. The van der Waals surface area contributed by atoms with Gasteiger partial charge in [-0.2, -0.15) is 0 Å². The lowest BCUT2D eigenvalue weighted by molar-refractivity contribution is -0.161. The summed E-state index contributed by atoms with van der Waals surface area (Å²) in [5, 5.41) is 9.56. The number of allylic oxidation sites excluding steroid dienone is 2. The summed E-state index contributed by atoms with van der Waals surface area (Å²) >= 11 is 0. The molecular formula is C42H80O5. The Labute approximate surface area is 292 Å². The van der Waals surface area contributed by atoms with E-state index in [1.807, 2.05) is 0 Å².